The van der Waals surface area contributed by atoms with Crippen molar-refractivity contribution in [2.24, 2.45) is 0 Å². The van der Waals surface area contributed by atoms with Crippen LogP contribution in [0.3, 0.4) is 0 Å². The van der Waals surface area contributed by atoms with E-state index in [1.165, 1.54) is 0 Å². The molecule has 104 valence electrons. The number of carboxylic acids is 1. The van der Waals surface area contributed by atoms with E-state index in [1.54, 1.807) is 6.92 Å². The molecule has 3 N–H and O–H groups in total. The van der Waals surface area contributed by atoms with Gasteiger partial charge in [-0.05, 0) is 19.8 Å². The standard InChI is InChI=1S/C12H21NO5/c1-9-12(17,6-7-18-9)8-13-10(14)4-2-3-5-11(15)16/h9,17H,2-8H2,1H3,(H,13,14)(H,15,16). The Kier molecular flexibility index (Phi) is 5.55. The van der Waals surface area contributed by atoms with Crippen molar-refractivity contribution in [2.45, 2.75) is 50.7 Å². The number of rotatable bonds is 7. The van der Waals surface area contributed by atoms with Crippen molar-refractivity contribution in [1.82, 2.24) is 5.32 Å². The highest BCUT2D eigenvalue weighted by Crippen LogP contribution is 2.24. The first-order valence-corrected chi connectivity index (χ1v) is 6.26. The highest BCUT2D eigenvalue weighted by atomic mass is 16.5. The van der Waals surface area contributed by atoms with Crippen LogP contribution in [-0.4, -0.2) is 46.9 Å². The van der Waals surface area contributed by atoms with Crippen LogP contribution in [0, 0.1) is 0 Å². The van der Waals surface area contributed by atoms with Gasteiger partial charge in [0, 0.05) is 32.4 Å². The monoisotopic (exact) mass is 259 g/mol. The van der Waals surface area contributed by atoms with Crippen molar-refractivity contribution in [3.05, 3.63) is 0 Å². The minimum absolute atomic E-state index is 0.0854. The molecule has 1 aliphatic heterocycles. The summed E-state index contributed by atoms with van der Waals surface area (Å²) < 4.78 is 5.26. The molecule has 0 aromatic carbocycles. The maximum atomic E-state index is 11.5. The maximum Gasteiger partial charge on any atom is 0.303 e. The zero-order valence-electron chi connectivity index (χ0n) is 10.6. The number of carbonyl (C=O) groups excluding carboxylic acids is 1. The lowest BCUT2D eigenvalue weighted by atomic mass is 9.96. The van der Waals surface area contributed by atoms with Crippen LogP contribution in [0.4, 0.5) is 0 Å². The van der Waals surface area contributed by atoms with Crippen LogP contribution in [0.5, 0.6) is 0 Å². The summed E-state index contributed by atoms with van der Waals surface area (Å²) in [5.41, 5.74) is -0.975. The Balaban J connectivity index is 2.15. The van der Waals surface area contributed by atoms with E-state index in [9.17, 15) is 14.7 Å². The molecule has 1 rings (SSSR count). The molecule has 2 unspecified atom stereocenters. The molecule has 0 spiro atoms. The van der Waals surface area contributed by atoms with Crippen molar-refractivity contribution in [1.29, 1.82) is 0 Å². The zero-order valence-corrected chi connectivity index (χ0v) is 10.6. The minimum Gasteiger partial charge on any atom is -0.481 e. The molecule has 0 aromatic rings. The van der Waals surface area contributed by atoms with Crippen molar-refractivity contribution >= 4 is 11.9 Å². The SMILES string of the molecule is CC1OCCC1(O)CNC(=O)CCCCC(=O)O. The number of carbonyl (C=O) groups is 2. The van der Waals surface area contributed by atoms with Gasteiger partial charge in [-0.25, -0.2) is 0 Å². The topological polar surface area (TPSA) is 95.9 Å². The number of aliphatic carboxylic acids is 1. The minimum atomic E-state index is -0.975. The molecular formula is C12H21NO5. The van der Waals surface area contributed by atoms with Crippen LogP contribution >= 0.6 is 0 Å². The van der Waals surface area contributed by atoms with Crippen LogP contribution < -0.4 is 5.32 Å². The first-order valence-electron chi connectivity index (χ1n) is 6.26. The fraction of sp³-hybridized carbons (Fsp3) is 0.833. The lowest BCUT2D eigenvalue weighted by Gasteiger charge is -2.26. The molecule has 1 aliphatic rings. The van der Waals surface area contributed by atoms with E-state index in [2.05, 4.69) is 5.32 Å². The van der Waals surface area contributed by atoms with E-state index < -0.39 is 11.6 Å². The number of carboxylic acid groups (broad SMARTS) is 1. The lowest BCUT2D eigenvalue weighted by molar-refractivity contribution is -0.137. The average molecular weight is 259 g/mol. The van der Waals surface area contributed by atoms with Gasteiger partial charge in [0.15, 0.2) is 0 Å². The second-order valence-electron chi connectivity index (χ2n) is 4.74. The van der Waals surface area contributed by atoms with Gasteiger partial charge < -0.3 is 20.3 Å². The van der Waals surface area contributed by atoms with Crippen LogP contribution in [0.25, 0.3) is 0 Å². The average Bonchev–Trinajstić information content (AvgIpc) is 2.63. The van der Waals surface area contributed by atoms with Gasteiger partial charge in [-0.15, -0.1) is 0 Å². The molecule has 1 heterocycles. The molecule has 0 radical (unpaired) electrons. The predicted molar refractivity (Wildman–Crippen MR) is 64.1 cm³/mol. The van der Waals surface area contributed by atoms with Crippen LogP contribution in [0.1, 0.15) is 39.0 Å². The van der Waals surface area contributed by atoms with Crippen LogP contribution in [-0.2, 0) is 14.3 Å². The molecule has 0 saturated carbocycles. The second-order valence-corrected chi connectivity index (χ2v) is 4.74. The molecule has 6 heteroatoms. The first kappa shape index (κ1) is 14.9. The fourth-order valence-electron chi connectivity index (χ4n) is 1.90. The highest BCUT2D eigenvalue weighted by Gasteiger charge is 2.39. The largest absolute Gasteiger partial charge is 0.481 e. The number of nitrogens with one attached hydrogen (secondary N) is 1. The number of hydrogen-bond acceptors (Lipinski definition) is 4. The van der Waals surface area contributed by atoms with E-state index in [1.807, 2.05) is 0 Å². The lowest BCUT2D eigenvalue weighted by Crippen LogP contribution is -2.47. The summed E-state index contributed by atoms with van der Waals surface area (Å²) in [6.07, 6.45) is 1.66. The molecule has 1 fully saturated rings. The molecule has 0 bridgehead atoms. The van der Waals surface area contributed by atoms with Gasteiger partial charge in [-0.2, -0.15) is 0 Å². The van der Waals surface area contributed by atoms with E-state index in [-0.39, 0.29) is 25.0 Å². The first-order chi connectivity index (χ1) is 8.44. The summed E-state index contributed by atoms with van der Waals surface area (Å²) in [6, 6.07) is 0. The summed E-state index contributed by atoms with van der Waals surface area (Å²) in [5.74, 6) is -1.01. The second kappa shape index (κ2) is 6.70. The van der Waals surface area contributed by atoms with E-state index >= 15 is 0 Å². The van der Waals surface area contributed by atoms with Crippen molar-refractivity contribution in [3.63, 3.8) is 0 Å². The number of amides is 1. The number of unbranched alkanes of at least 4 members (excludes halogenated alkanes) is 1. The Hall–Kier alpha value is -1.14. The molecule has 0 aromatic heterocycles. The number of hydrogen-bond donors (Lipinski definition) is 3. The van der Waals surface area contributed by atoms with E-state index in [0.717, 1.165) is 0 Å². The Morgan fingerprint density at radius 1 is 1.39 bits per heavy atom. The van der Waals surface area contributed by atoms with Crippen molar-refractivity contribution < 1.29 is 24.5 Å². The van der Waals surface area contributed by atoms with Gasteiger partial charge in [0.1, 0.15) is 5.60 Å². The molecule has 1 amide bonds. The highest BCUT2D eigenvalue weighted by molar-refractivity contribution is 5.76. The third-order valence-electron chi connectivity index (χ3n) is 3.30. The Bertz CT molecular complexity index is 307. The van der Waals surface area contributed by atoms with Gasteiger partial charge in [-0.3, -0.25) is 9.59 Å². The summed E-state index contributed by atoms with van der Waals surface area (Å²) >= 11 is 0. The van der Waals surface area contributed by atoms with Gasteiger partial charge in [0.2, 0.25) is 5.91 Å². The molecule has 0 aliphatic carbocycles. The molecule has 18 heavy (non-hydrogen) atoms. The summed E-state index contributed by atoms with van der Waals surface area (Å²) in [7, 11) is 0. The van der Waals surface area contributed by atoms with Crippen molar-refractivity contribution in [2.75, 3.05) is 13.2 Å². The number of ether oxygens (including phenoxy) is 1. The van der Waals surface area contributed by atoms with Gasteiger partial charge >= 0.3 is 5.97 Å². The smallest absolute Gasteiger partial charge is 0.303 e. The van der Waals surface area contributed by atoms with Crippen LogP contribution in [0.15, 0.2) is 0 Å². The van der Waals surface area contributed by atoms with Gasteiger partial charge in [0.05, 0.1) is 6.10 Å². The third-order valence-corrected chi connectivity index (χ3v) is 3.30. The predicted octanol–water partition coefficient (Wildman–Crippen LogP) is 0.287. The quantitative estimate of drug-likeness (QED) is 0.571. The van der Waals surface area contributed by atoms with E-state index in [4.69, 9.17) is 9.84 Å². The van der Waals surface area contributed by atoms with E-state index in [0.29, 0.717) is 32.3 Å². The Labute approximate surface area is 106 Å². The van der Waals surface area contributed by atoms with Crippen molar-refractivity contribution in [3.8, 4) is 0 Å². The summed E-state index contributed by atoms with van der Waals surface area (Å²) in [5, 5.41) is 21.2. The Morgan fingerprint density at radius 2 is 2.06 bits per heavy atom. The van der Waals surface area contributed by atoms with Crippen LogP contribution in [0.2, 0.25) is 0 Å². The Morgan fingerprint density at radius 3 is 2.61 bits per heavy atom. The van der Waals surface area contributed by atoms with Gasteiger partial charge in [0.25, 0.3) is 0 Å². The molecular weight excluding hydrogens is 238 g/mol. The maximum absolute atomic E-state index is 11.5. The summed E-state index contributed by atoms with van der Waals surface area (Å²) in [4.78, 5) is 21.8. The molecule has 6 nitrogen and oxygen atoms in total. The fourth-order valence-corrected chi connectivity index (χ4v) is 1.90. The third kappa shape index (κ3) is 4.62. The number of aliphatic hydroxyl groups is 1. The zero-order chi connectivity index (χ0) is 13.6. The molecule has 1 saturated heterocycles. The van der Waals surface area contributed by atoms with Gasteiger partial charge in [-0.1, -0.05) is 0 Å². The summed E-state index contributed by atoms with van der Waals surface area (Å²) in [6.45, 7) is 2.48. The molecule has 2 atom stereocenters. The normalized spacial score (nSPS) is 27.1.